The Balaban J connectivity index is 1.10. The van der Waals surface area contributed by atoms with E-state index < -0.39 is 11.7 Å². The normalized spacial score (nSPS) is 18.8. The van der Waals surface area contributed by atoms with Crippen LogP contribution in [0.1, 0.15) is 45.1 Å². The zero-order valence-corrected chi connectivity index (χ0v) is 27.1. The maximum atomic E-state index is 14.0. The van der Waals surface area contributed by atoms with E-state index in [-0.39, 0.29) is 36.9 Å². The molecule has 244 valence electrons. The van der Waals surface area contributed by atoms with Crippen molar-refractivity contribution in [1.82, 2.24) is 24.9 Å². The fraction of sp³-hybridized carbons (Fsp3) is 0.471. The van der Waals surface area contributed by atoms with Crippen molar-refractivity contribution in [3.05, 3.63) is 65.4 Å². The van der Waals surface area contributed by atoms with Gasteiger partial charge < -0.3 is 29.4 Å². The summed E-state index contributed by atoms with van der Waals surface area (Å²) in [5.41, 5.74) is 2.70. The highest BCUT2D eigenvalue weighted by Crippen LogP contribution is 2.35. The van der Waals surface area contributed by atoms with Gasteiger partial charge in [-0.15, -0.1) is 0 Å². The number of carbonyl (C=O) groups excluding carboxylic acids is 2. The summed E-state index contributed by atoms with van der Waals surface area (Å²) in [6, 6.07) is 13.9. The van der Waals surface area contributed by atoms with E-state index in [1.807, 2.05) is 53.6 Å². The summed E-state index contributed by atoms with van der Waals surface area (Å²) in [5, 5.41) is 16.7. The van der Waals surface area contributed by atoms with Crippen LogP contribution in [0.2, 0.25) is 5.02 Å². The molecule has 3 aromatic rings. The number of aromatic nitrogens is 2. The Labute approximate surface area is 274 Å². The molecule has 0 unspecified atom stereocenters. The molecule has 1 aliphatic carbocycles. The van der Waals surface area contributed by atoms with Crippen molar-refractivity contribution in [2.24, 2.45) is 5.92 Å². The minimum Gasteiger partial charge on any atom is -0.478 e. The molecule has 3 amide bonds. The summed E-state index contributed by atoms with van der Waals surface area (Å²) >= 11 is 6.71. The number of nitrogens with zero attached hydrogens (tertiary/aromatic N) is 5. The fourth-order valence-corrected chi connectivity index (χ4v) is 6.67. The van der Waals surface area contributed by atoms with Gasteiger partial charge in [0.1, 0.15) is 5.75 Å². The molecule has 0 spiro atoms. The van der Waals surface area contributed by atoms with E-state index in [2.05, 4.69) is 15.1 Å². The van der Waals surface area contributed by atoms with Gasteiger partial charge in [-0.05, 0) is 68.9 Å². The number of hydrogen-bond donors (Lipinski definition) is 2. The molecule has 2 aromatic carbocycles. The zero-order chi connectivity index (χ0) is 32.4. The lowest BCUT2D eigenvalue weighted by Crippen LogP contribution is -2.56. The predicted octanol–water partition coefficient (Wildman–Crippen LogP) is 5.12. The first-order chi connectivity index (χ1) is 22.1. The Morgan fingerprint density at radius 2 is 1.78 bits per heavy atom. The monoisotopic (exact) mass is 648 g/mol. The third-order valence-electron chi connectivity index (χ3n) is 9.17. The van der Waals surface area contributed by atoms with Crippen molar-refractivity contribution in [3.8, 4) is 16.9 Å². The molecule has 1 aromatic heterocycles. The average molecular weight is 649 g/mol. The molecule has 0 bridgehead atoms. The topological polar surface area (TPSA) is 122 Å². The molecular weight excluding hydrogens is 608 g/mol. The van der Waals surface area contributed by atoms with Gasteiger partial charge in [0.25, 0.3) is 5.91 Å². The summed E-state index contributed by atoms with van der Waals surface area (Å²) in [6.45, 7) is 6.64. The Morgan fingerprint density at radius 1 is 1.02 bits per heavy atom. The molecule has 0 radical (unpaired) electrons. The number of hydrogen-bond acceptors (Lipinski definition) is 6. The molecule has 3 aliphatic rings. The van der Waals surface area contributed by atoms with Gasteiger partial charge in [-0.25, -0.2) is 4.79 Å². The summed E-state index contributed by atoms with van der Waals surface area (Å²) < 4.78 is 6.24. The van der Waals surface area contributed by atoms with Crippen molar-refractivity contribution >= 4 is 35.2 Å². The van der Waals surface area contributed by atoms with Crippen molar-refractivity contribution in [2.75, 3.05) is 44.2 Å². The largest absolute Gasteiger partial charge is 0.478 e. The van der Waals surface area contributed by atoms with Crippen LogP contribution in [-0.2, 0) is 16.1 Å². The van der Waals surface area contributed by atoms with Crippen molar-refractivity contribution in [1.29, 1.82) is 0 Å². The maximum absolute atomic E-state index is 14.0. The minimum atomic E-state index is -1.13. The van der Waals surface area contributed by atoms with Gasteiger partial charge in [0.05, 0.1) is 12.1 Å². The standard InChI is InChI=1S/C34H41ClN6O5/c1-34(2,32(43)38-13-15-39(16-14-38)33(44)45)46-29-7-3-6-28(18-29)40-12-4-5-25(21-40)31(42)41(27-10-11-27)22-24-9-8-23(17-30(24)35)26-19-36-37-20-26/h3,6-9,17-20,25,27H,4-5,10-16,21-22H2,1-2H3,(H,36,37)(H,44,45)/t25-/m1/s1. The Morgan fingerprint density at radius 3 is 2.46 bits per heavy atom. The quantitative estimate of drug-likeness (QED) is 0.330. The number of carbonyl (C=O) groups is 3. The molecule has 3 heterocycles. The molecule has 12 heteroatoms. The molecule has 2 aliphatic heterocycles. The minimum absolute atomic E-state index is 0.134. The highest BCUT2D eigenvalue weighted by Gasteiger charge is 2.39. The summed E-state index contributed by atoms with van der Waals surface area (Å²) in [4.78, 5) is 45.8. The highest BCUT2D eigenvalue weighted by atomic mass is 35.5. The first-order valence-electron chi connectivity index (χ1n) is 16.0. The van der Waals surface area contributed by atoms with Crippen LogP contribution < -0.4 is 9.64 Å². The number of carboxylic acid groups (broad SMARTS) is 1. The highest BCUT2D eigenvalue weighted by molar-refractivity contribution is 6.31. The lowest BCUT2D eigenvalue weighted by atomic mass is 9.95. The Hall–Kier alpha value is -4.25. The van der Waals surface area contributed by atoms with Crippen LogP contribution in [0, 0.1) is 5.92 Å². The SMILES string of the molecule is CC(C)(Oc1cccc(N2CCC[C@@H](C(=O)N(Cc3ccc(-c4cn[nH]c4)cc3Cl)C3CC3)C2)c1)C(=O)N1CCN(C(=O)O)CC1. The molecule has 6 rings (SSSR count). The molecule has 11 nitrogen and oxygen atoms in total. The number of benzene rings is 2. The number of halogens is 1. The zero-order valence-electron chi connectivity index (χ0n) is 26.3. The molecule has 3 fully saturated rings. The van der Waals surface area contributed by atoms with Gasteiger partial charge in [0.2, 0.25) is 5.91 Å². The van der Waals surface area contributed by atoms with E-state index in [4.69, 9.17) is 16.3 Å². The number of rotatable bonds is 9. The van der Waals surface area contributed by atoms with E-state index in [1.54, 1.807) is 24.9 Å². The average Bonchev–Trinajstić information content (AvgIpc) is 3.75. The van der Waals surface area contributed by atoms with Crippen molar-refractivity contribution in [2.45, 2.75) is 57.7 Å². The van der Waals surface area contributed by atoms with Crippen LogP contribution in [0.5, 0.6) is 5.75 Å². The third kappa shape index (κ3) is 7.09. The second-order valence-electron chi connectivity index (χ2n) is 12.9. The van der Waals surface area contributed by atoms with Crippen LogP contribution in [0.25, 0.3) is 11.1 Å². The molecule has 2 saturated heterocycles. The van der Waals surface area contributed by atoms with Crippen LogP contribution >= 0.6 is 11.6 Å². The van der Waals surface area contributed by atoms with Crippen molar-refractivity contribution < 1.29 is 24.2 Å². The van der Waals surface area contributed by atoms with E-state index in [0.29, 0.717) is 37.0 Å². The van der Waals surface area contributed by atoms with E-state index in [9.17, 15) is 19.5 Å². The van der Waals surface area contributed by atoms with Gasteiger partial charge >= 0.3 is 6.09 Å². The first kappa shape index (κ1) is 31.7. The van der Waals surface area contributed by atoms with Crippen LogP contribution in [0.3, 0.4) is 0 Å². The second kappa shape index (κ2) is 13.2. The predicted molar refractivity (Wildman–Crippen MR) is 175 cm³/mol. The summed E-state index contributed by atoms with van der Waals surface area (Å²) in [6.07, 6.45) is 6.37. The molecule has 46 heavy (non-hydrogen) atoms. The number of aromatic amines is 1. The number of amides is 3. The smallest absolute Gasteiger partial charge is 0.407 e. The van der Waals surface area contributed by atoms with Gasteiger partial charge in [-0.2, -0.15) is 5.10 Å². The lowest BCUT2D eigenvalue weighted by Gasteiger charge is -2.38. The van der Waals surface area contributed by atoms with Gasteiger partial charge in [-0.3, -0.25) is 14.7 Å². The van der Waals surface area contributed by atoms with E-state index in [1.165, 1.54) is 4.90 Å². The van der Waals surface area contributed by atoms with Gasteiger partial charge in [0, 0.05) is 80.4 Å². The lowest BCUT2D eigenvalue weighted by molar-refractivity contribution is -0.147. The maximum Gasteiger partial charge on any atom is 0.407 e. The second-order valence-corrected chi connectivity index (χ2v) is 13.4. The van der Waals surface area contributed by atoms with Gasteiger partial charge in [0.15, 0.2) is 5.60 Å². The molecule has 1 saturated carbocycles. The number of piperazine rings is 1. The van der Waals surface area contributed by atoms with Crippen LogP contribution in [-0.4, -0.2) is 98.8 Å². The number of piperidine rings is 1. The Bertz CT molecular complexity index is 1570. The summed E-state index contributed by atoms with van der Waals surface area (Å²) in [5.74, 6) is 0.430. The fourth-order valence-electron chi connectivity index (χ4n) is 6.43. The van der Waals surface area contributed by atoms with Crippen molar-refractivity contribution in [3.63, 3.8) is 0 Å². The van der Waals surface area contributed by atoms with E-state index >= 15 is 0 Å². The molecule has 1 atom stereocenters. The third-order valence-corrected chi connectivity index (χ3v) is 9.53. The molecular formula is C34H41ClN6O5. The number of H-pyrrole nitrogens is 1. The summed E-state index contributed by atoms with van der Waals surface area (Å²) in [7, 11) is 0. The number of anilines is 1. The molecule has 2 N–H and O–H groups in total. The number of ether oxygens (including phenoxy) is 1. The Kier molecular flexibility index (Phi) is 9.13. The first-order valence-corrected chi connectivity index (χ1v) is 16.4. The van der Waals surface area contributed by atoms with E-state index in [0.717, 1.165) is 54.6 Å². The van der Waals surface area contributed by atoms with Gasteiger partial charge in [-0.1, -0.05) is 29.8 Å². The van der Waals surface area contributed by atoms with Crippen LogP contribution in [0.4, 0.5) is 10.5 Å². The number of nitrogens with one attached hydrogen (secondary N) is 1. The van der Waals surface area contributed by atoms with Crippen LogP contribution in [0.15, 0.2) is 54.9 Å².